The number of hydrogen-bond acceptors (Lipinski definition) is 6. The molecule has 0 spiro atoms. The number of ketones is 1. The zero-order chi connectivity index (χ0) is 18.9. The summed E-state index contributed by atoms with van der Waals surface area (Å²) in [7, 11) is 0. The first-order chi connectivity index (χ1) is 12.3. The predicted octanol–water partition coefficient (Wildman–Crippen LogP) is 4.12. The Morgan fingerprint density at radius 1 is 1.15 bits per heavy atom. The fraction of sp³-hybridized carbons (Fsp3) is 0.176. The molecular weight excluding hydrogens is 369 g/mol. The quantitative estimate of drug-likeness (QED) is 0.503. The number of aromatic nitrogens is 2. The van der Waals surface area contributed by atoms with E-state index in [9.17, 15) is 22.8 Å². The molecule has 3 rings (SSSR count). The van der Waals surface area contributed by atoms with Gasteiger partial charge < -0.3 is 4.74 Å². The number of thiophene rings is 1. The van der Waals surface area contributed by atoms with Gasteiger partial charge in [-0.2, -0.15) is 13.2 Å². The van der Waals surface area contributed by atoms with Crippen LogP contribution in [-0.2, 0) is 10.9 Å². The molecule has 0 saturated heterocycles. The summed E-state index contributed by atoms with van der Waals surface area (Å²) in [6, 6.07) is 6.76. The predicted molar refractivity (Wildman–Crippen MR) is 88.2 cm³/mol. The van der Waals surface area contributed by atoms with E-state index in [1.54, 1.807) is 18.4 Å². The first-order valence-corrected chi connectivity index (χ1v) is 8.33. The molecule has 0 atom stereocenters. The summed E-state index contributed by atoms with van der Waals surface area (Å²) in [5, 5.41) is 1.58. The first kappa shape index (κ1) is 18.0. The van der Waals surface area contributed by atoms with Crippen molar-refractivity contribution in [2.75, 3.05) is 6.61 Å². The van der Waals surface area contributed by atoms with E-state index in [1.165, 1.54) is 24.3 Å². The van der Waals surface area contributed by atoms with E-state index >= 15 is 0 Å². The number of carbonyl (C=O) groups is 2. The molecule has 0 aliphatic rings. The Kier molecular flexibility index (Phi) is 4.73. The molecule has 0 aliphatic carbocycles. The van der Waals surface area contributed by atoms with E-state index in [1.807, 2.05) is 0 Å². The minimum atomic E-state index is -4.84. The monoisotopic (exact) mass is 380 g/mol. The van der Waals surface area contributed by atoms with Gasteiger partial charge in [0.1, 0.15) is 5.69 Å². The highest BCUT2D eigenvalue weighted by Crippen LogP contribution is 2.32. The topological polar surface area (TPSA) is 69.2 Å². The van der Waals surface area contributed by atoms with Crippen LogP contribution in [0.4, 0.5) is 13.2 Å². The number of rotatable bonds is 4. The fourth-order valence-corrected chi connectivity index (χ4v) is 2.94. The van der Waals surface area contributed by atoms with E-state index in [0.717, 1.165) is 11.3 Å². The lowest BCUT2D eigenvalue weighted by molar-refractivity contribution is -0.141. The molecule has 2 heterocycles. The second-order valence-corrected chi connectivity index (χ2v) is 6.10. The molecular formula is C17H11F3N2O3S. The van der Waals surface area contributed by atoms with Gasteiger partial charge in [0.05, 0.1) is 28.1 Å². The summed E-state index contributed by atoms with van der Waals surface area (Å²) in [5.41, 5.74) is -2.11. The fourth-order valence-electron chi connectivity index (χ4n) is 2.28. The van der Waals surface area contributed by atoms with Crippen molar-refractivity contribution in [3.63, 3.8) is 0 Å². The van der Waals surface area contributed by atoms with E-state index in [4.69, 9.17) is 4.74 Å². The molecule has 5 nitrogen and oxygen atoms in total. The summed E-state index contributed by atoms with van der Waals surface area (Å²) >= 11 is 1.01. The standard InChI is InChI=1S/C17H11F3N2O3S/c1-2-25-16(24)9-5-6-10-11(8-9)21-13(15(22-10)17(18,19)20)14(23)12-4-3-7-26-12/h3-8H,2H2,1H3. The van der Waals surface area contributed by atoms with Crippen molar-refractivity contribution in [2.45, 2.75) is 13.1 Å². The number of ether oxygens (including phenoxy) is 1. The molecule has 0 fully saturated rings. The second kappa shape index (κ2) is 6.83. The average Bonchev–Trinajstić information content (AvgIpc) is 3.13. The van der Waals surface area contributed by atoms with Crippen LogP contribution in [0.2, 0.25) is 0 Å². The Bertz CT molecular complexity index is 985. The Balaban J connectivity index is 2.19. The van der Waals surface area contributed by atoms with E-state index in [-0.39, 0.29) is 28.1 Å². The van der Waals surface area contributed by atoms with Crippen molar-refractivity contribution in [1.29, 1.82) is 0 Å². The van der Waals surface area contributed by atoms with E-state index < -0.39 is 29.3 Å². The van der Waals surface area contributed by atoms with Crippen molar-refractivity contribution in [3.8, 4) is 0 Å². The van der Waals surface area contributed by atoms with Gasteiger partial charge in [0.15, 0.2) is 5.69 Å². The molecule has 2 aromatic heterocycles. The number of carbonyl (C=O) groups excluding carboxylic acids is 2. The molecule has 3 aromatic rings. The molecule has 0 amide bonds. The van der Waals surface area contributed by atoms with Gasteiger partial charge in [0.2, 0.25) is 5.78 Å². The van der Waals surface area contributed by atoms with Gasteiger partial charge in [-0.25, -0.2) is 14.8 Å². The maximum Gasteiger partial charge on any atom is 0.435 e. The molecule has 26 heavy (non-hydrogen) atoms. The van der Waals surface area contributed by atoms with Gasteiger partial charge in [-0.15, -0.1) is 11.3 Å². The SMILES string of the molecule is CCOC(=O)c1ccc2nc(C(F)(F)F)c(C(=O)c3cccs3)nc2c1. The van der Waals surface area contributed by atoms with Crippen LogP contribution in [-0.4, -0.2) is 28.3 Å². The lowest BCUT2D eigenvalue weighted by Crippen LogP contribution is -2.18. The first-order valence-electron chi connectivity index (χ1n) is 7.45. The third-order valence-corrected chi connectivity index (χ3v) is 4.27. The van der Waals surface area contributed by atoms with E-state index in [2.05, 4.69) is 9.97 Å². The van der Waals surface area contributed by atoms with Crippen molar-refractivity contribution >= 4 is 34.1 Å². The third-order valence-electron chi connectivity index (χ3n) is 3.40. The number of halogens is 3. The molecule has 0 radical (unpaired) electrons. The van der Waals surface area contributed by atoms with Gasteiger partial charge in [0.25, 0.3) is 0 Å². The summed E-state index contributed by atoms with van der Waals surface area (Å²) < 4.78 is 44.9. The highest BCUT2D eigenvalue weighted by Gasteiger charge is 2.39. The second-order valence-electron chi connectivity index (χ2n) is 5.15. The van der Waals surface area contributed by atoms with E-state index in [0.29, 0.717) is 0 Å². The number of alkyl halides is 3. The number of benzene rings is 1. The summed E-state index contributed by atoms with van der Waals surface area (Å²) in [4.78, 5) is 31.8. The van der Waals surface area contributed by atoms with Crippen molar-refractivity contribution < 1.29 is 27.5 Å². The van der Waals surface area contributed by atoms with Crippen LogP contribution >= 0.6 is 11.3 Å². The minimum Gasteiger partial charge on any atom is -0.462 e. The summed E-state index contributed by atoms with van der Waals surface area (Å²) in [5.74, 6) is -1.51. The molecule has 0 saturated carbocycles. The Morgan fingerprint density at radius 2 is 1.92 bits per heavy atom. The number of fused-ring (bicyclic) bond motifs is 1. The normalized spacial score (nSPS) is 11.5. The lowest BCUT2D eigenvalue weighted by Gasteiger charge is -2.11. The van der Waals surface area contributed by atoms with Gasteiger partial charge in [0, 0.05) is 0 Å². The molecule has 1 aromatic carbocycles. The summed E-state index contributed by atoms with van der Waals surface area (Å²) in [6.07, 6.45) is -4.84. The molecule has 9 heteroatoms. The molecule has 134 valence electrons. The highest BCUT2D eigenvalue weighted by atomic mass is 32.1. The average molecular weight is 380 g/mol. The summed E-state index contributed by atoms with van der Waals surface area (Å²) in [6.45, 7) is 1.78. The Hall–Kier alpha value is -2.81. The molecule has 0 bridgehead atoms. The van der Waals surface area contributed by atoms with Crippen LogP contribution in [0.5, 0.6) is 0 Å². The van der Waals surface area contributed by atoms with Crippen LogP contribution in [0.1, 0.15) is 38.3 Å². The number of esters is 1. The molecule has 0 aliphatic heterocycles. The minimum absolute atomic E-state index is 0.00320. The lowest BCUT2D eigenvalue weighted by atomic mass is 10.1. The highest BCUT2D eigenvalue weighted by molar-refractivity contribution is 7.12. The zero-order valence-electron chi connectivity index (χ0n) is 13.3. The van der Waals surface area contributed by atoms with Crippen molar-refractivity contribution in [2.24, 2.45) is 0 Å². The van der Waals surface area contributed by atoms with Crippen LogP contribution in [0.3, 0.4) is 0 Å². The number of nitrogens with zero attached hydrogens (tertiary/aromatic N) is 2. The van der Waals surface area contributed by atoms with Gasteiger partial charge >= 0.3 is 12.1 Å². The van der Waals surface area contributed by atoms with Crippen molar-refractivity contribution in [1.82, 2.24) is 9.97 Å². The number of hydrogen-bond donors (Lipinski definition) is 0. The maximum absolute atomic E-state index is 13.4. The van der Waals surface area contributed by atoms with Crippen LogP contribution in [0.25, 0.3) is 11.0 Å². The van der Waals surface area contributed by atoms with Crippen LogP contribution in [0, 0.1) is 0 Å². The van der Waals surface area contributed by atoms with Gasteiger partial charge in [-0.3, -0.25) is 4.79 Å². The smallest absolute Gasteiger partial charge is 0.435 e. The van der Waals surface area contributed by atoms with Gasteiger partial charge in [-0.05, 0) is 36.6 Å². The van der Waals surface area contributed by atoms with Crippen LogP contribution in [0.15, 0.2) is 35.7 Å². The zero-order valence-corrected chi connectivity index (χ0v) is 14.1. The van der Waals surface area contributed by atoms with Crippen LogP contribution < -0.4 is 0 Å². The molecule has 0 N–H and O–H groups in total. The molecule has 0 unspecified atom stereocenters. The Labute approximate surface area is 149 Å². The third kappa shape index (κ3) is 3.43. The van der Waals surface area contributed by atoms with Crippen molar-refractivity contribution in [3.05, 3.63) is 57.5 Å². The van der Waals surface area contributed by atoms with Gasteiger partial charge in [-0.1, -0.05) is 6.07 Å². The maximum atomic E-state index is 13.4. The largest absolute Gasteiger partial charge is 0.462 e. The Morgan fingerprint density at radius 3 is 2.54 bits per heavy atom.